The van der Waals surface area contributed by atoms with Gasteiger partial charge in [0.15, 0.2) is 0 Å². The molecule has 0 aliphatic carbocycles. The first-order valence-corrected chi connectivity index (χ1v) is 10.8. The van der Waals surface area contributed by atoms with E-state index in [-0.39, 0.29) is 5.63 Å². The number of fused-ring (bicyclic) bond motifs is 1. The van der Waals surface area contributed by atoms with E-state index >= 15 is 0 Å². The Morgan fingerprint density at radius 3 is 2.57 bits per heavy atom. The first kappa shape index (κ1) is 20.6. The van der Waals surface area contributed by atoms with Gasteiger partial charge in [0.2, 0.25) is 0 Å². The van der Waals surface area contributed by atoms with Crippen LogP contribution in [-0.2, 0) is 13.0 Å². The van der Waals surface area contributed by atoms with Crippen LogP contribution in [0, 0.1) is 0 Å². The van der Waals surface area contributed by atoms with Crippen LogP contribution in [0.1, 0.15) is 42.5 Å². The van der Waals surface area contributed by atoms with Crippen LogP contribution in [0.2, 0.25) is 0 Å². The minimum absolute atomic E-state index is 0.293. The Bertz CT molecular complexity index is 1040. The number of hydrogen-bond donors (Lipinski definition) is 1. The van der Waals surface area contributed by atoms with Crippen LogP contribution in [0.15, 0.2) is 57.7 Å². The number of nitrogens with zero attached hydrogens (tertiary/aromatic N) is 1. The predicted molar refractivity (Wildman–Crippen MR) is 120 cm³/mol. The summed E-state index contributed by atoms with van der Waals surface area (Å²) in [5.41, 5.74) is 3.82. The van der Waals surface area contributed by atoms with Gasteiger partial charge in [-0.3, -0.25) is 4.90 Å². The first-order chi connectivity index (χ1) is 14.7. The first-order valence-electron chi connectivity index (χ1n) is 10.8. The fourth-order valence-corrected chi connectivity index (χ4v) is 4.32. The van der Waals surface area contributed by atoms with Crippen LogP contribution in [-0.4, -0.2) is 31.6 Å². The monoisotopic (exact) mass is 406 g/mol. The number of aryl methyl sites for hydroxylation is 1. The van der Waals surface area contributed by atoms with Gasteiger partial charge in [0.05, 0.1) is 7.11 Å². The van der Waals surface area contributed by atoms with Gasteiger partial charge in [-0.1, -0.05) is 31.2 Å². The van der Waals surface area contributed by atoms with E-state index in [9.17, 15) is 4.79 Å². The van der Waals surface area contributed by atoms with Crippen LogP contribution in [0.25, 0.3) is 11.0 Å². The molecule has 1 N–H and O–H groups in total. The zero-order valence-electron chi connectivity index (χ0n) is 17.8. The van der Waals surface area contributed by atoms with Crippen molar-refractivity contribution in [3.8, 4) is 5.75 Å². The van der Waals surface area contributed by atoms with E-state index < -0.39 is 0 Å². The predicted octanol–water partition coefficient (Wildman–Crippen LogP) is 4.29. The highest BCUT2D eigenvalue weighted by Crippen LogP contribution is 2.26. The number of likely N-dealkylation sites (tertiary alicyclic amines) is 1. The SMILES string of the molecule is CCc1ccc2c(CNC[C@H](c3ccc(OC)cc3)N3CCCC3)cc(=O)oc2c1. The molecule has 5 heteroatoms. The summed E-state index contributed by atoms with van der Waals surface area (Å²) in [5, 5.41) is 4.60. The highest BCUT2D eigenvalue weighted by Gasteiger charge is 2.23. The topological polar surface area (TPSA) is 54.7 Å². The van der Waals surface area contributed by atoms with Crippen LogP contribution < -0.4 is 15.7 Å². The molecule has 1 aromatic heterocycles. The molecule has 0 radical (unpaired) electrons. The highest BCUT2D eigenvalue weighted by atomic mass is 16.5. The van der Waals surface area contributed by atoms with E-state index in [1.165, 1.54) is 24.0 Å². The zero-order valence-corrected chi connectivity index (χ0v) is 17.8. The molecule has 4 rings (SSSR count). The third-order valence-corrected chi connectivity index (χ3v) is 6.04. The Kier molecular flexibility index (Phi) is 6.50. The molecule has 1 atom stereocenters. The minimum atomic E-state index is -0.293. The number of hydrogen-bond acceptors (Lipinski definition) is 5. The van der Waals surface area contributed by atoms with Crippen molar-refractivity contribution in [3.05, 3.63) is 75.6 Å². The second kappa shape index (κ2) is 9.45. The number of benzene rings is 2. The van der Waals surface area contributed by atoms with E-state index in [4.69, 9.17) is 9.15 Å². The molecule has 1 fully saturated rings. The smallest absolute Gasteiger partial charge is 0.336 e. The fraction of sp³-hybridized carbons (Fsp3) is 0.400. The fourth-order valence-electron chi connectivity index (χ4n) is 4.32. The Morgan fingerprint density at radius 1 is 1.10 bits per heavy atom. The third-order valence-electron chi connectivity index (χ3n) is 6.04. The molecule has 3 aromatic rings. The summed E-state index contributed by atoms with van der Waals surface area (Å²) < 4.78 is 10.8. The van der Waals surface area contributed by atoms with Gasteiger partial charge in [-0.05, 0) is 67.2 Å². The molecule has 2 aromatic carbocycles. The highest BCUT2D eigenvalue weighted by molar-refractivity contribution is 5.80. The lowest BCUT2D eigenvalue weighted by atomic mass is 10.0. The maximum Gasteiger partial charge on any atom is 0.336 e. The van der Waals surface area contributed by atoms with Crippen molar-refractivity contribution in [3.63, 3.8) is 0 Å². The largest absolute Gasteiger partial charge is 0.497 e. The average molecular weight is 407 g/mol. The Morgan fingerprint density at radius 2 is 1.87 bits per heavy atom. The number of nitrogens with one attached hydrogen (secondary N) is 1. The van der Waals surface area contributed by atoms with Gasteiger partial charge in [-0.2, -0.15) is 0 Å². The van der Waals surface area contributed by atoms with Crippen molar-refractivity contribution in [2.45, 2.75) is 38.8 Å². The summed E-state index contributed by atoms with van der Waals surface area (Å²) in [7, 11) is 1.69. The minimum Gasteiger partial charge on any atom is -0.497 e. The quantitative estimate of drug-likeness (QED) is 0.566. The molecular formula is C25H30N2O3. The van der Waals surface area contributed by atoms with Crippen LogP contribution in [0.3, 0.4) is 0 Å². The summed E-state index contributed by atoms with van der Waals surface area (Å²) in [4.78, 5) is 14.6. The van der Waals surface area contributed by atoms with Crippen molar-refractivity contribution in [2.24, 2.45) is 0 Å². The summed E-state index contributed by atoms with van der Waals surface area (Å²) in [6.07, 6.45) is 3.41. The summed E-state index contributed by atoms with van der Waals surface area (Å²) >= 11 is 0. The van der Waals surface area contributed by atoms with Gasteiger partial charge in [0.25, 0.3) is 0 Å². The van der Waals surface area contributed by atoms with Crippen molar-refractivity contribution in [2.75, 3.05) is 26.7 Å². The lowest BCUT2D eigenvalue weighted by Crippen LogP contribution is -2.34. The maximum absolute atomic E-state index is 12.1. The molecule has 0 spiro atoms. The molecule has 1 aliphatic heterocycles. The molecule has 0 bridgehead atoms. The van der Waals surface area contributed by atoms with E-state index in [0.717, 1.165) is 42.8 Å². The molecule has 158 valence electrons. The molecule has 1 aliphatic rings. The molecular weight excluding hydrogens is 376 g/mol. The normalized spacial score (nSPS) is 15.5. The van der Waals surface area contributed by atoms with Crippen LogP contribution in [0.5, 0.6) is 5.75 Å². The van der Waals surface area contributed by atoms with Gasteiger partial charge in [-0.15, -0.1) is 0 Å². The lowest BCUT2D eigenvalue weighted by molar-refractivity contribution is 0.238. The van der Waals surface area contributed by atoms with Crippen molar-refractivity contribution in [1.29, 1.82) is 0 Å². The molecule has 0 saturated carbocycles. The Hall–Kier alpha value is -2.63. The lowest BCUT2D eigenvalue weighted by Gasteiger charge is -2.28. The Balaban J connectivity index is 1.52. The van der Waals surface area contributed by atoms with Crippen LogP contribution >= 0.6 is 0 Å². The van der Waals surface area contributed by atoms with Gasteiger partial charge in [0.1, 0.15) is 11.3 Å². The average Bonchev–Trinajstić information content (AvgIpc) is 3.30. The number of rotatable bonds is 8. The van der Waals surface area contributed by atoms with E-state index in [1.807, 2.05) is 18.2 Å². The van der Waals surface area contributed by atoms with Gasteiger partial charge >= 0.3 is 5.63 Å². The summed E-state index contributed by atoms with van der Waals surface area (Å²) in [6.45, 7) is 5.80. The number of ether oxygens (including phenoxy) is 1. The third kappa shape index (κ3) is 4.58. The van der Waals surface area contributed by atoms with E-state index in [1.54, 1.807) is 13.2 Å². The van der Waals surface area contributed by atoms with E-state index in [0.29, 0.717) is 18.2 Å². The van der Waals surface area contributed by atoms with Gasteiger partial charge < -0.3 is 14.5 Å². The van der Waals surface area contributed by atoms with Crippen molar-refractivity contribution >= 4 is 11.0 Å². The summed E-state index contributed by atoms with van der Waals surface area (Å²) in [6, 6.07) is 16.4. The number of methoxy groups -OCH3 is 1. The zero-order chi connectivity index (χ0) is 20.9. The molecule has 0 amide bonds. The Labute approximate surface area is 177 Å². The second-order valence-electron chi connectivity index (χ2n) is 7.94. The van der Waals surface area contributed by atoms with Gasteiger partial charge in [0, 0.05) is 30.6 Å². The van der Waals surface area contributed by atoms with Crippen molar-refractivity contribution < 1.29 is 9.15 Å². The van der Waals surface area contributed by atoms with Crippen LogP contribution in [0.4, 0.5) is 0 Å². The maximum atomic E-state index is 12.1. The molecule has 5 nitrogen and oxygen atoms in total. The van der Waals surface area contributed by atoms with Crippen molar-refractivity contribution in [1.82, 2.24) is 10.2 Å². The second-order valence-corrected chi connectivity index (χ2v) is 7.94. The molecule has 2 heterocycles. The summed E-state index contributed by atoms with van der Waals surface area (Å²) in [5.74, 6) is 0.876. The molecule has 30 heavy (non-hydrogen) atoms. The molecule has 0 unspecified atom stereocenters. The van der Waals surface area contributed by atoms with Gasteiger partial charge in [-0.25, -0.2) is 4.79 Å². The van der Waals surface area contributed by atoms with E-state index in [2.05, 4.69) is 41.4 Å². The molecule has 1 saturated heterocycles. The standard InChI is InChI=1S/C25H30N2O3/c1-3-18-6-11-22-20(15-25(28)30-24(22)14-18)16-26-17-23(27-12-4-5-13-27)19-7-9-21(29-2)10-8-19/h6-11,14-15,23,26H,3-5,12-13,16-17H2,1-2H3/t23-/m1/s1.